The molecule has 1 aromatic carbocycles. The lowest BCUT2D eigenvalue weighted by molar-refractivity contribution is -0.162. The second kappa shape index (κ2) is 7.63. The van der Waals surface area contributed by atoms with Gasteiger partial charge < -0.3 is 14.7 Å². The molecule has 2 amide bonds. The average Bonchev–Trinajstić information content (AvgIpc) is 3.15. The summed E-state index contributed by atoms with van der Waals surface area (Å²) in [4.78, 5) is 41.8. The van der Waals surface area contributed by atoms with E-state index in [4.69, 9.17) is 4.74 Å². The van der Waals surface area contributed by atoms with E-state index in [0.717, 1.165) is 5.56 Å². The van der Waals surface area contributed by atoms with E-state index in [-0.39, 0.29) is 24.6 Å². The zero-order valence-electron chi connectivity index (χ0n) is 17.6. The van der Waals surface area contributed by atoms with Gasteiger partial charge in [-0.25, -0.2) is 4.79 Å². The van der Waals surface area contributed by atoms with Crippen molar-refractivity contribution in [1.29, 1.82) is 0 Å². The molecule has 1 fully saturated rings. The predicted octanol–water partition coefficient (Wildman–Crippen LogP) is 2.24. The third-order valence-electron chi connectivity index (χ3n) is 4.99. The first-order valence-electron chi connectivity index (χ1n) is 9.78. The third kappa shape index (κ3) is 4.19. The van der Waals surface area contributed by atoms with Crippen molar-refractivity contribution in [3.8, 4) is 0 Å². The van der Waals surface area contributed by atoms with Gasteiger partial charge in [-0.15, -0.1) is 0 Å². The van der Waals surface area contributed by atoms with Crippen molar-refractivity contribution >= 4 is 17.8 Å². The normalized spacial score (nSPS) is 21.2. The third-order valence-corrected chi connectivity index (χ3v) is 4.99. The van der Waals surface area contributed by atoms with Gasteiger partial charge in [-0.2, -0.15) is 0 Å². The Morgan fingerprint density at radius 1 is 1.17 bits per heavy atom. The Balaban J connectivity index is 1.89. The molecule has 1 saturated heterocycles. The number of rotatable bonds is 3. The van der Waals surface area contributed by atoms with E-state index >= 15 is 0 Å². The molecule has 156 valence electrons. The summed E-state index contributed by atoms with van der Waals surface area (Å²) >= 11 is 0. The fourth-order valence-corrected chi connectivity index (χ4v) is 3.80. The lowest BCUT2D eigenvalue weighted by Crippen LogP contribution is -2.46. The molecule has 1 N–H and O–H groups in total. The van der Waals surface area contributed by atoms with Gasteiger partial charge in [0.1, 0.15) is 17.3 Å². The van der Waals surface area contributed by atoms with Crippen molar-refractivity contribution in [3.63, 3.8) is 0 Å². The number of hydrogen-bond donors (Lipinski definition) is 1. The maximum Gasteiger partial charge on any atom is 0.329 e. The first-order valence-corrected chi connectivity index (χ1v) is 9.78. The standard InChI is InChI=1S/C22H28N2O5/c1-13(2)18(24-11-14-8-6-7-9-16(14)19(24)26)20(27)23-12-15(25)10-17(23)21(28)29-22(3,4)5/h6-9,15,17,25H,10-12H2,1-5H3/t15-,17+/m1/s1. The number of carbonyl (C=O) groups is 3. The van der Waals surface area contributed by atoms with Gasteiger partial charge in [0, 0.05) is 18.5 Å². The Bertz CT molecular complexity index is 879. The quantitative estimate of drug-likeness (QED) is 0.621. The number of ether oxygens (including phenoxy) is 1. The molecule has 0 spiro atoms. The lowest BCUT2D eigenvalue weighted by atomic mass is 10.1. The minimum atomic E-state index is -0.883. The molecule has 0 bridgehead atoms. The Morgan fingerprint density at radius 3 is 2.41 bits per heavy atom. The second-order valence-corrected chi connectivity index (χ2v) is 8.79. The van der Waals surface area contributed by atoms with Gasteiger partial charge in [0.2, 0.25) is 0 Å². The molecular formula is C22H28N2O5. The molecule has 7 heteroatoms. The van der Waals surface area contributed by atoms with Crippen molar-refractivity contribution in [3.05, 3.63) is 46.7 Å². The number of aliphatic hydroxyl groups excluding tert-OH is 1. The van der Waals surface area contributed by atoms with Gasteiger partial charge >= 0.3 is 5.97 Å². The Labute approximate surface area is 170 Å². The van der Waals surface area contributed by atoms with Gasteiger partial charge in [-0.1, -0.05) is 18.2 Å². The first-order chi connectivity index (χ1) is 13.5. The highest BCUT2D eigenvalue weighted by atomic mass is 16.6. The average molecular weight is 400 g/mol. The SMILES string of the molecule is CC(C)=C(C(=O)N1C[C@H](O)C[C@H]1C(=O)OC(C)(C)C)N1Cc2ccccc2C1=O. The zero-order valence-corrected chi connectivity index (χ0v) is 17.6. The molecule has 2 atom stereocenters. The summed E-state index contributed by atoms with van der Waals surface area (Å²) in [5.41, 5.74) is 1.64. The molecule has 0 aliphatic carbocycles. The Morgan fingerprint density at radius 2 is 1.83 bits per heavy atom. The van der Waals surface area contributed by atoms with E-state index in [1.807, 2.05) is 12.1 Å². The highest BCUT2D eigenvalue weighted by Gasteiger charge is 2.44. The topological polar surface area (TPSA) is 87.2 Å². The molecule has 0 aromatic heterocycles. The van der Waals surface area contributed by atoms with Crippen LogP contribution in [-0.4, -0.2) is 57.0 Å². The highest BCUT2D eigenvalue weighted by Crippen LogP contribution is 2.31. The van der Waals surface area contributed by atoms with Crippen molar-refractivity contribution < 1.29 is 24.2 Å². The first kappa shape index (κ1) is 21.0. The fraction of sp³-hybridized carbons (Fsp3) is 0.500. The van der Waals surface area contributed by atoms with Crippen LogP contribution < -0.4 is 0 Å². The molecule has 0 saturated carbocycles. The van der Waals surface area contributed by atoms with Crippen LogP contribution in [0.2, 0.25) is 0 Å². The minimum Gasteiger partial charge on any atom is -0.458 e. The molecule has 0 unspecified atom stereocenters. The van der Waals surface area contributed by atoms with Gasteiger partial charge in [0.25, 0.3) is 11.8 Å². The Kier molecular flexibility index (Phi) is 5.54. The molecule has 2 aliphatic heterocycles. The monoisotopic (exact) mass is 400 g/mol. The maximum atomic E-state index is 13.5. The van der Waals surface area contributed by atoms with Crippen molar-refractivity contribution in [1.82, 2.24) is 9.80 Å². The molecule has 7 nitrogen and oxygen atoms in total. The van der Waals surface area contributed by atoms with Crippen LogP contribution in [0.1, 0.15) is 57.0 Å². The molecule has 2 heterocycles. The number of β-amino-alcohol motifs (C(OH)–C–C–N with tert-alkyl or cyclic N) is 1. The van der Waals surface area contributed by atoms with Crippen LogP contribution in [0, 0.1) is 0 Å². The summed E-state index contributed by atoms with van der Waals surface area (Å²) in [6.07, 6.45) is -0.702. The number of likely N-dealkylation sites (tertiary alicyclic amines) is 1. The summed E-state index contributed by atoms with van der Waals surface area (Å²) < 4.78 is 5.45. The van der Waals surface area contributed by atoms with Crippen LogP contribution in [0.4, 0.5) is 0 Å². The molecular weight excluding hydrogens is 372 g/mol. The predicted molar refractivity (Wildman–Crippen MR) is 107 cm³/mol. The molecule has 1 aromatic rings. The largest absolute Gasteiger partial charge is 0.458 e. The maximum absolute atomic E-state index is 13.5. The number of hydrogen-bond acceptors (Lipinski definition) is 5. The van der Waals surface area contributed by atoms with E-state index in [0.29, 0.717) is 17.7 Å². The number of carbonyl (C=O) groups excluding carboxylic acids is 3. The smallest absolute Gasteiger partial charge is 0.329 e. The van der Waals surface area contributed by atoms with Gasteiger partial charge in [0.15, 0.2) is 0 Å². The van der Waals surface area contributed by atoms with Crippen LogP contribution in [0.15, 0.2) is 35.5 Å². The molecule has 3 rings (SSSR count). The zero-order chi connectivity index (χ0) is 21.5. The van der Waals surface area contributed by atoms with Crippen LogP contribution in [0.25, 0.3) is 0 Å². The minimum absolute atomic E-state index is 0.0223. The summed E-state index contributed by atoms with van der Waals surface area (Å²) in [5, 5.41) is 10.1. The van der Waals surface area contributed by atoms with E-state index < -0.39 is 29.6 Å². The number of allylic oxidation sites excluding steroid dienone is 1. The van der Waals surface area contributed by atoms with Crippen LogP contribution >= 0.6 is 0 Å². The van der Waals surface area contributed by atoms with Crippen LogP contribution in [0.3, 0.4) is 0 Å². The highest BCUT2D eigenvalue weighted by molar-refractivity contribution is 6.06. The Hall–Kier alpha value is -2.67. The van der Waals surface area contributed by atoms with Gasteiger partial charge in [0.05, 0.1) is 12.6 Å². The van der Waals surface area contributed by atoms with Gasteiger partial charge in [-0.3, -0.25) is 14.5 Å². The molecule has 0 radical (unpaired) electrons. The summed E-state index contributed by atoms with van der Waals surface area (Å²) in [5.74, 6) is -1.23. The van der Waals surface area contributed by atoms with E-state index in [2.05, 4.69) is 0 Å². The number of benzene rings is 1. The summed E-state index contributed by atoms with van der Waals surface area (Å²) in [6.45, 7) is 9.11. The number of nitrogens with zero attached hydrogens (tertiary/aromatic N) is 2. The van der Waals surface area contributed by atoms with Crippen LogP contribution in [-0.2, 0) is 20.9 Å². The van der Waals surface area contributed by atoms with Crippen molar-refractivity contribution in [2.45, 2.75) is 65.3 Å². The summed E-state index contributed by atoms with van der Waals surface area (Å²) in [7, 11) is 0. The summed E-state index contributed by atoms with van der Waals surface area (Å²) in [6, 6.07) is 6.37. The van der Waals surface area contributed by atoms with Gasteiger partial charge in [-0.05, 0) is 51.8 Å². The molecule has 29 heavy (non-hydrogen) atoms. The fourth-order valence-electron chi connectivity index (χ4n) is 3.80. The lowest BCUT2D eigenvalue weighted by Gasteiger charge is -2.30. The van der Waals surface area contributed by atoms with E-state index in [9.17, 15) is 19.5 Å². The number of esters is 1. The van der Waals surface area contributed by atoms with Crippen molar-refractivity contribution in [2.75, 3.05) is 6.54 Å². The molecule has 2 aliphatic rings. The second-order valence-electron chi connectivity index (χ2n) is 8.79. The van der Waals surface area contributed by atoms with E-state index in [1.54, 1.807) is 46.8 Å². The van der Waals surface area contributed by atoms with E-state index in [1.165, 1.54) is 9.80 Å². The van der Waals surface area contributed by atoms with Crippen molar-refractivity contribution in [2.24, 2.45) is 0 Å². The van der Waals surface area contributed by atoms with Crippen LogP contribution in [0.5, 0.6) is 0 Å². The number of fused-ring (bicyclic) bond motifs is 1. The number of aliphatic hydroxyl groups is 1. The number of amides is 2.